The van der Waals surface area contributed by atoms with Crippen molar-refractivity contribution in [3.05, 3.63) is 29.3 Å². The minimum atomic E-state index is -3.42. The van der Waals surface area contributed by atoms with Gasteiger partial charge in [-0.1, -0.05) is 18.8 Å². The van der Waals surface area contributed by atoms with Crippen molar-refractivity contribution in [3.8, 4) is 11.8 Å². The predicted octanol–water partition coefficient (Wildman–Crippen LogP) is 2.10. The molecule has 0 aromatic heterocycles. The summed E-state index contributed by atoms with van der Waals surface area (Å²) in [5.74, 6) is 5.73. The van der Waals surface area contributed by atoms with Crippen LogP contribution < -0.4 is 10.5 Å². The molecule has 4 nitrogen and oxygen atoms in total. The molecule has 0 saturated heterocycles. The second kappa shape index (κ2) is 6.29. The van der Waals surface area contributed by atoms with E-state index in [1.165, 1.54) is 0 Å². The average molecular weight is 294 g/mol. The molecule has 0 radical (unpaired) electrons. The summed E-state index contributed by atoms with van der Waals surface area (Å²) >= 11 is 0. The third-order valence-corrected chi connectivity index (χ3v) is 4.97. The van der Waals surface area contributed by atoms with Gasteiger partial charge in [-0.25, -0.2) is 8.42 Å². The molecule has 0 spiro atoms. The third-order valence-electron chi connectivity index (χ3n) is 2.87. The van der Waals surface area contributed by atoms with Crippen molar-refractivity contribution in [2.75, 3.05) is 11.3 Å². The van der Waals surface area contributed by atoms with E-state index in [0.29, 0.717) is 12.2 Å². The lowest BCUT2D eigenvalue weighted by Gasteiger charge is -2.21. The van der Waals surface area contributed by atoms with Crippen LogP contribution in [0.3, 0.4) is 0 Å². The molecule has 20 heavy (non-hydrogen) atoms. The highest BCUT2D eigenvalue weighted by molar-refractivity contribution is 7.94. The van der Waals surface area contributed by atoms with Crippen molar-refractivity contribution in [2.24, 2.45) is 5.73 Å². The Morgan fingerprint density at radius 1 is 1.30 bits per heavy atom. The summed E-state index contributed by atoms with van der Waals surface area (Å²) in [6.45, 7) is 7.29. The maximum absolute atomic E-state index is 12.2. The van der Waals surface area contributed by atoms with Gasteiger partial charge in [0.25, 0.3) is 0 Å². The van der Waals surface area contributed by atoms with Crippen molar-refractivity contribution in [3.63, 3.8) is 0 Å². The highest BCUT2D eigenvalue weighted by Crippen LogP contribution is 2.23. The normalized spacial score (nSPS) is 11.7. The Kier molecular flexibility index (Phi) is 5.21. The minimum absolute atomic E-state index is 0.305. The monoisotopic (exact) mass is 294 g/mol. The Balaban J connectivity index is 3.15. The Morgan fingerprint density at radius 2 is 1.95 bits per heavy atom. The quantitative estimate of drug-likeness (QED) is 0.839. The number of rotatable bonds is 3. The standard InChI is InChI=1S/C15H22N2O2S/c1-5-13-11-12(7-6-10-16)8-9-14(13)17-20(18,19)15(2,3)4/h8-9,11,17H,5,10,16H2,1-4H3. The van der Waals surface area contributed by atoms with Gasteiger partial charge in [-0.05, 0) is 51.0 Å². The van der Waals surface area contributed by atoms with Gasteiger partial charge in [-0.2, -0.15) is 0 Å². The van der Waals surface area contributed by atoms with Crippen LogP contribution in [-0.2, 0) is 16.4 Å². The van der Waals surface area contributed by atoms with Gasteiger partial charge in [0.05, 0.1) is 17.0 Å². The maximum atomic E-state index is 12.2. The van der Waals surface area contributed by atoms with Gasteiger partial charge in [-0.15, -0.1) is 0 Å². The van der Waals surface area contributed by atoms with Gasteiger partial charge in [0, 0.05) is 5.56 Å². The first-order valence-electron chi connectivity index (χ1n) is 6.55. The Hall–Kier alpha value is -1.51. The number of aryl methyl sites for hydroxylation is 1. The highest BCUT2D eigenvalue weighted by atomic mass is 32.2. The van der Waals surface area contributed by atoms with Gasteiger partial charge in [0.15, 0.2) is 0 Å². The van der Waals surface area contributed by atoms with Crippen molar-refractivity contribution in [2.45, 2.75) is 38.9 Å². The Labute approximate surface area is 121 Å². The van der Waals surface area contributed by atoms with Crippen molar-refractivity contribution >= 4 is 15.7 Å². The predicted molar refractivity (Wildman–Crippen MR) is 84.0 cm³/mol. The number of nitrogens with two attached hydrogens (primary N) is 1. The number of benzene rings is 1. The SMILES string of the molecule is CCc1cc(C#CCN)ccc1NS(=O)(=O)C(C)(C)C. The zero-order chi connectivity index (χ0) is 15.4. The summed E-state index contributed by atoms with van der Waals surface area (Å²) in [7, 11) is -3.42. The van der Waals surface area contributed by atoms with E-state index in [-0.39, 0.29) is 0 Å². The largest absolute Gasteiger partial charge is 0.320 e. The van der Waals surface area contributed by atoms with E-state index in [1.54, 1.807) is 32.9 Å². The number of hydrogen-bond donors (Lipinski definition) is 2. The van der Waals surface area contributed by atoms with Gasteiger partial charge in [-0.3, -0.25) is 4.72 Å². The summed E-state index contributed by atoms with van der Waals surface area (Å²) < 4.78 is 26.2. The number of sulfonamides is 1. The lowest BCUT2D eigenvalue weighted by molar-refractivity contribution is 0.566. The molecule has 110 valence electrons. The molecule has 0 saturated carbocycles. The van der Waals surface area contributed by atoms with E-state index in [1.807, 2.05) is 13.0 Å². The summed E-state index contributed by atoms with van der Waals surface area (Å²) in [5, 5.41) is 0. The molecular weight excluding hydrogens is 272 g/mol. The van der Waals surface area contributed by atoms with Crippen LogP contribution in [0, 0.1) is 11.8 Å². The summed E-state index contributed by atoms with van der Waals surface area (Å²) in [5.41, 5.74) is 7.71. The highest BCUT2D eigenvalue weighted by Gasteiger charge is 2.29. The number of hydrogen-bond acceptors (Lipinski definition) is 3. The first kappa shape index (κ1) is 16.5. The molecule has 0 aliphatic heterocycles. The first-order valence-corrected chi connectivity index (χ1v) is 8.04. The van der Waals surface area contributed by atoms with Crippen LogP contribution in [0.5, 0.6) is 0 Å². The van der Waals surface area contributed by atoms with Crippen LogP contribution in [-0.4, -0.2) is 19.7 Å². The molecule has 5 heteroatoms. The fraction of sp³-hybridized carbons (Fsp3) is 0.467. The topological polar surface area (TPSA) is 72.2 Å². The maximum Gasteiger partial charge on any atom is 0.237 e. The fourth-order valence-corrected chi connectivity index (χ4v) is 2.31. The zero-order valence-corrected chi connectivity index (χ0v) is 13.3. The van der Waals surface area contributed by atoms with Crippen molar-refractivity contribution < 1.29 is 8.42 Å². The molecule has 0 amide bonds. The summed E-state index contributed by atoms with van der Waals surface area (Å²) in [6, 6.07) is 5.44. The second-order valence-corrected chi connectivity index (χ2v) is 7.88. The van der Waals surface area contributed by atoms with Gasteiger partial charge >= 0.3 is 0 Å². The van der Waals surface area contributed by atoms with Crippen LogP contribution in [0.2, 0.25) is 0 Å². The van der Waals surface area contributed by atoms with Gasteiger partial charge in [0.2, 0.25) is 10.0 Å². The zero-order valence-electron chi connectivity index (χ0n) is 12.4. The molecule has 1 aromatic carbocycles. The Morgan fingerprint density at radius 3 is 2.45 bits per heavy atom. The molecule has 0 aliphatic carbocycles. The van der Waals surface area contributed by atoms with E-state index in [0.717, 1.165) is 17.5 Å². The van der Waals surface area contributed by atoms with Crippen LogP contribution in [0.1, 0.15) is 38.8 Å². The third kappa shape index (κ3) is 3.99. The molecule has 0 atom stereocenters. The van der Waals surface area contributed by atoms with Crippen LogP contribution in [0.25, 0.3) is 0 Å². The number of nitrogens with one attached hydrogen (secondary N) is 1. The molecule has 0 bridgehead atoms. The van der Waals surface area contributed by atoms with Gasteiger partial charge in [0.1, 0.15) is 0 Å². The van der Waals surface area contributed by atoms with Crippen LogP contribution in [0.4, 0.5) is 5.69 Å². The molecule has 1 rings (SSSR count). The Bertz CT molecular complexity index is 632. The number of anilines is 1. The molecule has 0 aliphatic rings. The van der Waals surface area contributed by atoms with E-state index < -0.39 is 14.8 Å². The second-order valence-electron chi connectivity index (χ2n) is 5.45. The lowest BCUT2D eigenvalue weighted by Crippen LogP contribution is -2.34. The molecule has 0 heterocycles. The van der Waals surface area contributed by atoms with Crippen molar-refractivity contribution in [1.82, 2.24) is 0 Å². The van der Waals surface area contributed by atoms with Crippen LogP contribution in [0.15, 0.2) is 18.2 Å². The summed E-state index contributed by atoms with van der Waals surface area (Å²) in [4.78, 5) is 0. The lowest BCUT2D eigenvalue weighted by atomic mass is 10.1. The van der Waals surface area contributed by atoms with Crippen LogP contribution >= 0.6 is 0 Å². The average Bonchev–Trinajstić information content (AvgIpc) is 2.35. The fourth-order valence-electron chi connectivity index (χ4n) is 1.51. The van der Waals surface area contributed by atoms with Gasteiger partial charge < -0.3 is 5.73 Å². The smallest absolute Gasteiger partial charge is 0.237 e. The molecule has 0 unspecified atom stereocenters. The van der Waals surface area contributed by atoms with E-state index >= 15 is 0 Å². The minimum Gasteiger partial charge on any atom is -0.320 e. The molecular formula is C15H22N2O2S. The molecule has 0 fully saturated rings. The molecule has 3 N–H and O–H groups in total. The van der Waals surface area contributed by atoms with E-state index in [4.69, 9.17) is 5.73 Å². The van der Waals surface area contributed by atoms with Crippen molar-refractivity contribution in [1.29, 1.82) is 0 Å². The summed E-state index contributed by atoms with van der Waals surface area (Å²) in [6.07, 6.45) is 0.722. The van der Waals surface area contributed by atoms with E-state index in [2.05, 4.69) is 16.6 Å². The van der Waals surface area contributed by atoms with E-state index in [9.17, 15) is 8.42 Å². The first-order chi connectivity index (χ1) is 9.21. The molecule has 1 aromatic rings.